The Hall–Kier alpha value is -2.62. The van der Waals surface area contributed by atoms with Crippen LogP contribution in [0.25, 0.3) is 0 Å². The zero-order valence-corrected chi connectivity index (χ0v) is 11.3. The molecule has 1 aromatic rings. The van der Waals surface area contributed by atoms with E-state index in [0.717, 1.165) is 0 Å². The number of benzene rings is 1. The van der Waals surface area contributed by atoms with Crippen molar-refractivity contribution in [3.05, 3.63) is 27.8 Å². The van der Waals surface area contributed by atoms with Crippen LogP contribution in [0, 0.1) is 10.1 Å². The van der Waals surface area contributed by atoms with Crippen molar-refractivity contribution in [2.45, 2.75) is 0 Å². The van der Waals surface area contributed by atoms with Gasteiger partial charge in [-0.25, -0.2) is 0 Å². The van der Waals surface area contributed by atoms with Gasteiger partial charge in [0.2, 0.25) is 12.7 Å². The van der Waals surface area contributed by atoms with Crippen LogP contribution in [0.2, 0.25) is 0 Å². The molecular weight excluding hydrogens is 300 g/mol. The number of carbonyl (C=O) groups excluding carboxylic acids is 1. The Balaban J connectivity index is 1.87. The van der Waals surface area contributed by atoms with E-state index >= 15 is 0 Å². The Bertz CT molecular complexity index is 687. The van der Waals surface area contributed by atoms with Crippen molar-refractivity contribution in [3.8, 4) is 11.5 Å². The molecule has 1 N–H and O–H groups in total. The van der Waals surface area contributed by atoms with Crippen LogP contribution in [0.3, 0.4) is 0 Å². The van der Waals surface area contributed by atoms with Crippen molar-refractivity contribution in [1.29, 1.82) is 0 Å². The summed E-state index contributed by atoms with van der Waals surface area (Å²) >= 11 is 1.21. The van der Waals surface area contributed by atoms with Crippen LogP contribution in [-0.4, -0.2) is 34.8 Å². The second kappa shape index (κ2) is 5.40. The van der Waals surface area contributed by atoms with Crippen LogP contribution in [0.4, 0.5) is 5.69 Å². The van der Waals surface area contributed by atoms with Gasteiger partial charge >= 0.3 is 0 Å². The number of amidine groups is 1. The van der Waals surface area contributed by atoms with Crippen molar-refractivity contribution < 1.29 is 19.2 Å². The van der Waals surface area contributed by atoms with Crippen LogP contribution in [-0.2, 0) is 4.79 Å². The fourth-order valence-electron chi connectivity index (χ4n) is 1.73. The van der Waals surface area contributed by atoms with Gasteiger partial charge in [0.1, 0.15) is 0 Å². The number of nitro benzene ring substituents is 1. The van der Waals surface area contributed by atoms with E-state index in [2.05, 4.69) is 15.5 Å². The summed E-state index contributed by atoms with van der Waals surface area (Å²) < 4.78 is 10.3. The smallest absolute Gasteiger partial charge is 0.282 e. The van der Waals surface area contributed by atoms with Crippen LogP contribution >= 0.6 is 11.8 Å². The monoisotopic (exact) mass is 308 g/mol. The van der Waals surface area contributed by atoms with Crippen LogP contribution in [0.5, 0.6) is 11.5 Å². The Labute approximate surface area is 122 Å². The Kier molecular flexibility index (Phi) is 3.44. The summed E-state index contributed by atoms with van der Waals surface area (Å²) in [6.07, 6.45) is 1.23. The first-order valence-electron chi connectivity index (χ1n) is 5.75. The molecule has 1 aromatic carbocycles. The molecule has 0 bridgehead atoms. The second-order valence-corrected chi connectivity index (χ2v) is 4.97. The molecule has 2 heterocycles. The van der Waals surface area contributed by atoms with Gasteiger partial charge in [0.05, 0.1) is 28.5 Å². The number of thioether (sulfide) groups is 1. The third-order valence-corrected chi connectivity index (χ3v) is 3.51. The van der Waals surface area contributed by atoms with Gasteiger partial charge < -0.3 is 14.8 Å². The van der Waals surface area contributed by atoms with Gasteiger partial charge in [0, 0.05) is 0 Å². The number of rotatable bonds is 3. The van der Waals surface area contributed by atoms with Gasteiger partial charge in [-0.15, -0.1) is 5.10 Å². The molecule has 2 aliphatic heterocycles. The SMILES string of the molecule is O=C1CS/C(=N\N=C\c2cc3c(cc2[N+](=O)[O-])OCO3)N1. The van der Waals surface area contributed by atoms with E-state index in [9.17, 15) is 14.9 Å². The zero-order valence-electron chi connectivity index (χ0n) is 10.4. The summed E-state index contributed by atoms with van der Waals surface area (Å²) in [5.41, 5.74) is 0.0780. The molecule has 1 fully saturated rings. The third kappa shape index (κ3) is 2.79. The summed E-state index contributed by atoms with van der Waals surface area (Å²) in [7, 11) is 0. The average molecular weight is 308 g/mol. The largest absolute Gasteiger partial charge is 0.454 e. The molecule has 10 heteroatoms. The number of nitrogens with one attached hydrogen (secondary N) is 1. The van der Waals surface area contributed by atoms with E-state index in [1.807, 2.05) is 0 Å². The summed E-state index contributed by atoms with van der Waals surface area (Å²) in [6.45, 7) is 0.0258. The Morgan fingerprint density at radius 2 is 2.14 bits per heavy atom. The van der Waals surface area contributed by atoms with E-state index in [4.69, 9.17) is 9.47 Å². The lowest BCUT2D eigenvalue weighted by Crippen LogP contribution is -2.19. The quantitative estimate of drug-likeness (QED) is 0.503. The van der Waals surface area contributed by atoms with E-state index in [1.165, 1.54) is 30.1 Å². The average Bonchev–Trinajstić information content (AvgIpc) is 3.06. The predicted octanol–water partition coefficient (Wildman–Crippen LogP) is 0.876. The third-order valence-electron chi connectivity index (χ3n) is 2.65. The lowest BCUT2D eigenvalue weighted by Gasteiger charge is -1.99. The Morgan fingerprint density at radius 3 is 2.81 bits per heavy atom. The minimum atomic E-state index is -0.539. The van der Waals surface area contributed by atoms with Gasteiger partial charge in [0.25, 0.3) is 5.69 Å². The first-order chi connectivity index (χ1) is 10.1. The first-order valence-corrected chi connectivity index (χ1v) is 6.74. The molecule has 2 aliphatic rings. The second-order valence-electron chi connectivity index (χ2n) is 4.01. The minimum Gasteiger partial charge on any atom is -0.454 e. The molecule has 1 saturated heterocycles. The van der Waals surface area contributed by atoms with E-state index in [0.29, 0.717) is 22.4 Å². The van der Waals surface area contributed by atoms with E-state index in [-0.39, 0.29) is 24.0 Å². The maximum absolute atomic E-state index is 11.0. The van der Waals surface area contributed by atoms with Gasteiger partial charge in [-0.05, 0) is 6.07 Å². The van der Waals surface area contributed by atoms with Crippen molar-refractivity contribution in [2.24, 2.45) is 10.2 Å². The molecule has 3 rings (SSSR count). The fourth-order valence-corrected chi connectivity index (χ4v) is 2.36. The topological polar surface area (TPSA) is 115 Å². The van der Waals surface area contributed by atoms with Gasteiger partial charge in [-0.1, -0.05) is 11.8 Å². The van der Waals surface area contributed by atoms with Gasteiger partial charge in [-0.2, -0.15) is 5.10 Å². The van der Waals surface area contributed by atoms with Crippen LogP contribution < -0.4 is 14.8 Å². The summed E-state index contributed by atoms with van der Waals surface area (Å²) in [4.78, 5) is 21.5. The van der Waals surface area contributed by atoms with Gasteiger partial charge in [-0.3, -0.25) is 14.9 Å². The highest BCUT2D eigenvalue weighted by molar-refractivity contribution is 8.15. The van der Waals surface area contributed by atoms with Crippen LogP contribution in [0.1, 0.15) is 5.56 Å². The number of nitrogens with zero attached hydrogens (tertiary/aromatic N) is 3. The predicted molar refractivity (Wildman–Crippen MR) is 74.8 cm³/mol. The summed E-state index contributed by atoms with van der Waals surface area (Å²) in [5.74, 6) is 0.878. The molecular formula is C11H8N4O5S. The highest BCUT2D eigenvalue weighted by Gasteiger charge is 2.22. The maximum Gasteiger partial charge on any atom is 0.282 e. The fraction of sp³-hybridized carbons (Fsp3) is 0.182. The molecule has 108 valence electrons. The molecule has 0 saturated carbocycles. The first kappa shape index (κ1) is 13.4. The van der Waals surface area contributed by atoms with Crippen LogP contribution in [0.15, 0.2) is 22.3 Å². The molecule has 0 radical (unpaired) electrons. The van der Waals surface area contributed by atoms with Crippen molar-refractivity contribution >= 4 is 34.7 Å². The number of ether oxygens (including phenoxy) is 2. The number of hydrogen-bond acceptors (Lipinski definition) is 8. The Morgan fingerprint density at radius 1 is 1.38 bits per heavy atom. The van der Waals surface area contributed by atoms with E-state index in [1.54, 1.807) is 0 Å². The minimum absolute atomic E-state index is 0.0258. The molecule has 0 unspecified atom stereocenters. The molecule has 1 amide bonds. The standard InChI is InChI=1S/C11H8N4O5S/c16-10-4-21-11(13-10)14-12-3-6-1-8-9(20-5-19-8)2-7(6)15(17)18/h1-3H,4-5H2,(H,13,14,16)/b12-3+. The zero-order chi connectivity index (χ0) is 14.8. The molecule has 0 aromatic heterocycles. The highest BCUT2D eigenvalue weighted by atomic mass is 32.2. The molecule has 0 spiro atoms. The number of nitro groups is 1. The lowest BCUT2D eigenvalue weighted by molar-refractivity contribution is -0.385. The molecule has 21 heavy (non-hydrogen) atoms. The van der Waals surface area contributed by atoms with Crippen molar-refractivity contribution in [3.63, 3.8) is 0 Å². The highest BCUT2D eigenvalue weighted by Crippen LogP contribution is 2.37. The number of carbonyl (C=O) groups is 1. The lowest BCUT2D eigenvalue weighted by atomic mass is 10.1. The molecule has 9 nitrogen and oxygen atoms in total. The normalized spacial score (nSPS) is 18.5. The van der Waals surface area contributed by atoms with Crippen molar-refractivity contribution in [2.75, 3.05) is 12.5 Å². The number of amides is 1. The summed E-state index contributed by atoms with van der Waals surface area (Å²) in [6, 6.07) is 2.74. The summed E-state index contributed by atoms with van der Waals surface area (Å²) in [5, 5.41) is 21.4. The van der Waals surface area contributed by atoms with Gasteiger partial charge in [0.15, 0.2) is 16.7 Å². The number of fused-ring (bicyclic) bond motifs is 1. The van der Waals surface area contributed by atoms with E-state index < -0.39 is 4.92 Å². The van der Waals surface area contributed by atoms with Crippen molar-refractivity contribution in [1.82, 2.24) is 5.32 Å². The number of hydrogen-bond donors (Lipinski definition) is 1. The molecule has 0 atom stereocenters. The maximum atomic E-state index is 11.0. The molecule has 0 aliphatic carbocycles.